The van der Waals surface area contributed by atoms with Crippen LogP contribution in [0, 0.1) is 0 Å². The first kappa shape index (κ1) is 17.1. The summed E-state index contributed by atoms with van der Waals surface area (Å²) in [4.78, 5) is 12.2. The molecular formula is C19H16F3NO2. The van der Waals surface area contributed by atoms with E-state index in [2.05, 4.69) is 5.32 Å². The molecule has 1 N–H and O–H groups in total. The fourth-order valence-corrected chi connectivity index (χ4v) is 2.64. The Morgan fingerprint density at radius 3 is 2.68 bits per heavy atom. The molecule has 6 heteroatoms. The van der Waals surface area contributed by atoms with E-state index in [0.29, 0.717) is 11.1 Å². The molecule has 3 nitrogen and oxygen atoms in total. The van der Waals surface area contributed by atoms with Crippen LogP contribution in [0.1, 0.15) is 23.6 Å². The average molecular weight is 347 g/mol. The first-order chi connectivity index (χ1) is 11.9. The van der Waals surface area contributed by atoms with Crippen molar-refractivity contribution in [3.8, 4) is 0 Å². The van der Waals surface area contributed by atoms with Crippen LogP contribution in [-0.4, -0.2) is 5.91 Å². The van der Waals surface area contributed by atoms with Crippen LogP contribution in [0.3, 0.4) is 0 Å². The molecule has 1 heterocycles. The number of hydrogen-bond acceptors (Lipinski definition) is 2. The molecule has 1 amide bonds. The second-order valence-electron chi connectivity index (χ2n) is 5.75. The summed E-state index contributed by atoms with van der Waals surface area (Å²) in [5.41, 5.74) is 1.82. The van der Waals surface area contributed by atoms with Gasteiger partial charge in [0.25, 0.3) is 0 Å². The van der Waals surface area contributed by atoms with Gasteiger partial charge in [0.15, 0.2) is 0 Å². The van der Waals surface area contributed by atoms with E-state index in [9.17, 15) is 18.0 Å². The maximum Gasteiger partial charge on any atom is 0.416 e. The SMILES string of the molecule is CCc1ccc2occ(CC(=O)Nc3cccc(C(F)(F)F)c3)c2c1. The molecule has 0 fully saturated rings. The molecule has 0 saturated heterocycles. The Morgan fingerprint density at radius 2 is 1.96 bits per heavy atom. The van der Waals surface area contributed by atoms with Crippen LogP contribution < -0.4 is 5.32 Å². The number of fused-ring (bicyclic) bond motifs is 1. The van der Waals surface area contributed by atoms with E-state index in [1.54, 1.807) is 0 Å². The maximum atomic E-state index is 12.7. The van der Waals surface area contributed by atoms with Crippen LogP contribution >= 0.6 is 0 Å². The molecular weight excluding hydrogens is 331 g/mol. The predicted octanol–water partition coefficient (Wildman–Crippen LogP) is 5.20. The topological polar surface area (TPSA) is 42.2 Å². The van der Waals surface area contributed by atoms with Crippen molar-refractivity contribution in [1.82, 2.24) is 0 Å². The molecule has 0 radical (unpaired) electrons. The number of amides is 1. The Morgan fingerprint density at radius 1 is 1.16 bits per heavy atom. The predicted molar refractivity (Wildman–Crippen MR) is 89.4 cm³/mol. The summed E-state index contributed by atoms with van der Waals surface area (Å²) in [6.45, 7) is 2.03. The second kappa shape index (κ2) is 6.63. The first-order valence-corrected chi connectivity index (χ1v) is 7.83. The number of benzene rings is 2. The molecule has 0 bridgehead atoms. The van der Waals surface area contributed by atoms with Gasteiger partial charge in [-0.3, -0.25) is 4.79 Å². The third-order valence-corrected chi connectivity index (χ3v) is 3.95. The molecule has 2 aromatic carbocycles. The van der Waals surface area contributed by atoms with Gasteiger partial charge in [-0.25, -0.2) is 0 Å². The number of hydrogen-bond donors (Lipinski definition) is 1. The first-order valence-electron chi connectivity index (χ1n) is 7.83. The van der Waals surface area contributed by atoms with Crippen LogP contribution in [0.15, 0.2) is 53.1 Å². The van der Waals surface area contributed by atoms with Gasteiger partial charge < -0.3 is 9.73 Å². The van der Waals surface area contributed by atoms with E-state index in [-0.39, 0.29) is 12.1 Å². The summed E-state index contributed by atoms with van der Waals surface area (Å²) in [5.74, 6) is -0.399. The van der Waals surface area contributed by atoms with Crippen molar-refractivity contribution < 1.29 is 22.4 Å². The van der Waals surface area contributed by atoms with Crippen molar-refractivity contribution in [3.63, 3.8) is 0 Å². The fraction of sp³-hybridized carbons (Fsp3) is 0.211. The third kappa shape index (κ3) is 3.84. The zero-order valence-electron chi connectivity index (χ0n) is 13.5. The Hall–Kier alpha value is -2.76. The number of halogens is 3. The minimum Gasteiger partial charge on any atom is -0.464 e. The molecule has 3 rings (SSSR count). The number of furan rings is 1. The van der Waals surface area contributed by atoms with Crippen LogP contribution in [0.5, 0.6) is 0 Å². The van der Waals surface area contributed by atoms with E-state index in [4.69, 9.17) is 4.42 Å². The zero-order chi connectivity index (χ0) is 18.0. The molecule has 3 aromatic rings. The van der Waals surface area contributed by atoms with Crippen molar-refractivity contribution in [2.45, 2.75) is 25.9 Å². The van der Waals surface area contributed by atoms with Crippen molar-refractivity contribution in [1.29, 1.82) is 0 Å². The summed E-state index contributed by atoms with van der Waals surface area (Å²) >= 11 is 0. The number of nitrogens with one attached hydrogen (secondary N) is 1. The van der Waals surface area contributed by atoms with Crippen LogP contribution in [-0.2, 0) is 23.8 Å². The normalized spacial score (nSPS) is 11.7. The number of carbonyl (C=O) groups is 1. The standard InChI is InChI=1S/C19H16F3NO2/c1-2-12-6-7-17-16(8-12)13(11-25-17)9-18(24)23-15-5-3-4-14(10-15)19(20,21)22/h3-8,10-11H,2,9H2,1H3,(H,23,24). The third-order valence-electron chi connectivity index (χ3n) is 3.95. The van der Waals surface area contributed by atoms with E-state index in [1.165, 1.54) is 18.4 Å². The Balaban J connectivity index is 1.77. The van der Waals surface area contributed by atoms with Crippen molar-refractivity contribution in [3.05, 3.63) is 65.4 Å². The van der Waals surface area contributed by atoms with E-state index >= 15 is 0 Å². The van der Waals surface area contributed by atoms with Gasteiger partial charge in [0.2, 0.25) is 5.91 Å². The Labute approximate surface area is 142 Å². The van der Waals surface area contributed by atoms with Crippen LogP contribution in [0.25, 0.3) is 11.0 Å². The summed E-state index contributed by atoms with van der Waals surface area (Å²) in [6, 6.07) is 10.3. The van der Waals surface area contributed by atoms with Crippen molar-refractivity contribution in [2.24, 2.45) is 0 Å². The van der Waals surface area contributed by atoms with Gasteiger partial charge in [-0.05, 0) is 42.3 Å². The Bertz CT molecular complexity index is 912. The highest BCUT2D eigenvalue weighted by atomic mass is 19.4. The van der Waals surface area contributed by atoms with Crippen molar-refractivity contribution >= 4 is 22.6 Å². The number of aryl methyl sites for hydroxylation is 1. The van der Waals surface area contributed by atoms with E-state index in [1.807, 2.05) is 25.1 Å². The minimum atomic E-state index is -4.45. The molecule has 0 unspecified atom stereocenters. The van der Waals surface area contributed by atoms with Gasteiger partial charge >= 0.3 is 6.18 Å². The molecule has 0 atom stereocenters. The van der Waals surface area contributed by atoms with Gasteiger partial charge in [0.1, 0.15) is 5.58 Å². The smallest absolute Gasteiger partial charge is 0.416 e. The van der Waals surface area contributed by atoms with Gasteiger partial charge in [-0.15, -0.1) is 0 Å². The van der Waals surface area contributed by atoms with Crippen LogP contribution in [0.2, 0.25) is 0 Å². The van der Waals surface area contributed by atoms with Gasteiger partial charge in [0.05, 0.1) is 18.2 Å². The lowest BCUT2D eigenvalue weighted by Crippen LogP contribution is -2.15. The molecule has 130 valence electrons. The molecule has 0 aliphatic carbocycles. The summed E-state index contributed by atoms with van der Waals surface area (Å²) in [7, 11) is 0. The number of alkyl halides is 3. The maximum absolute atomic E-state index is 12.7. The summed E-state index contributed by atoms with van der Waals surface area (Å²) < 4.78 is 43.6. The fourth-order valence-electron chi connectivity index (χ4n) is 2.64. The zero-order valence-corrected chi connectivity index (χ0v) is 13.5. The molecule has 0 saturated carbocycles. The molecule has 0 aliphatic rings. The highest BCUT2D eigenvalue weighted by Crippen LogP contribution is 2.30. The molecule has 1 aromatic heterocycles. The lowest BCUT2D eigenvalue weighted by molar-refractivity contribution is -0.137. The van der Waals surface area contributed by atoms with E-state index < -0.39 is 17.6 Å². The second-order valence-corrected chi connectivity index (χ2v) is 5.75. The number of anilines is 1. The minimum absolute atomic E-state index is 0.0242. The quantitative estimate of drug-likeness (QED) is 0.705. The lowest BCUT2D eigenvalue weighted by atomic mass is 10.1. The van der Waals surface area contributed by atoms with Crippen LogP contribution in [0.4, 0.5) is 18.9 Å². The van der Waals surface area contributed by atoms with Crippen molar-refractivity contribution in [2.75, 3.05) is 5.32 Å². The number of carbonyl (C=O) groups excluding carboxylic acids is 1. The summed E-state index contributed by atoms with van der Waals surface area (Å²) in [5, 5.41) is 3.35. The largest absolute Gasteiger partial charge is 0.464 e. The van der Waals surface area contributed by atoms with Gasteiger partial charge in [0, 0.05) is 16.6 Å². The molecule has 25 heavy (non-hydrogen) atoms. The van der Waals surface area contributed by atoms with E-state index in [0.717, 1.165) is 29.5 Å². The average Bonchev–Trinajstić information content (AvgIpc) is 2.96. The highest BCUT2D eigenvalue weighted by molar-refractivity contribution is 5.95. The van der Waals surface area contributed by atoms with Gasteiger partial charge in [-0.1, -0.05) is 19.1 Å². The summed E-state index contributed by atoms with van der Waals surface area (Å²) in [6.07, 6.45) is -2.05. The molecule has 0 aliphatic heterocycles. The molecule has 0 spiro atoms. The van der Waals surface area contributed by atoms with Gasteiger partial charge in [-0.2, -0.15) is 13.2 Å². The lowest BCUT2D eigenvalue weighted by Gasteiger charge is -2.09. The number of rotatable bonds is 4. The Kier molecular flexibility index (Phi) is 4.53. The monoisotopic (exact) mass is 347 g/mol. The highest BCUT2D eigenvalue weighted by Gasteiger charge is 2.30.